The number of rotatable bonds is 8. The molecule has 3 aromatic rings. The summed E-state index contributed by atoms with van der Waals surface area (Å²) in [5, 5.41) is 4.16. The van der Waals surface area contributed by atoms with Crippen LogP contribution in [0.25, 0.3) is 0 Å². The highest BCUT2D eigenvalue weighted by atomic mass is 16.5. The van der Waals surface area contributed by atoms with Gasteiger partial charge in [0.05, 0.1) is 31.9 Å². The van der Waals surface area contributed by atoms with Gasteiger partial charge in [0.2, 0.25) is 5.89 Å². The molecule has 0 amide bonds. The number of nitrogens with zero attached hydrogens (tertiary/aromatic N) is 3. The summed E-state index contributed by atoms with van der Waals surface area (Å²) in [5.74, 6) is 2.26. The van der Waals surface area contributed by atoms with Gasteiger partial charge in [-0.3, -0.25) is 4.90 Å². The number of hydrogen-bond donors (Lipinski definition) is 0. The fourth-order valence-corrected chi connectivity index (χ4v) is 3.28. The molecule has 6 heteroatoms. The van der Waals surface area contributed by atoms with Gasteiger partial charge in [0, 0.05) is 13.2 Å². The van der Waals surface area contributed by atoms with E-state index >= 15 is 0 Å². The minimum atomic E-state index is 0.264. The van der Waals surface area contributed by atoms with Crippen LogP contribution >= 0.6 is 0 Å². The number of benzene rings is 1. The van der Waals surface area contributed by atoms with Crippen molar-refractivity contribution in [3.63, 3.8) is 0 Å². The maximum atomic E-state index is 5.79. The Bertz CT molecular complexity index is 780. The summed E-state index contributed by atoms with van der Waals surface area (Å²) in [6.45, 7) is 3.00. The topological polar surface area (TPSA) is 64.5 Å². The molecule has 1 saturated heterocycles. The van der Waals surface area contributed by atoms with Gasteiger partial charge in [-0.05, 0) is 30.5 Å². The van der Waals surface area contributed by atoms with Crippen LogP contribution in [0.2, 0.25) is 0 Å². The van der Waals surface area contributed by atoms with Crippen molar-refractivity contribution in [1.82, 2.24) is 15.0 Å². The highest BCUT2D eigenvalue weighted by Crippen LogP contribution is 2.17. The van der Waals surface area contributed by atoms with Gasteiger partial charge < -0.3 is 13.7 Å². The van der Waals surface area contributed by atoms with Crippen LogP contribution in [0, 0.1) is 0 Å². The van der Waals surface area contributed by atoms with E-state index in [9.17, 15) is 0 Å². The van der Waals surface area contributed by atoms with Crippen molar-refractivity contribution in [1.29, 1.82) is 0 Å². The molecule has 0 radical (unpaired) electrons. The second-order valence-corrected chi connectivity index (χ2v) is 6.65. The molecule has 1 aromatic carbocycles. The van der Waals surface area contributed by atoms with Crippen LogP contribution in [0.15, 0.2) is 57.7 Å². The Morgan fingerprint density at radius 3 is 2.77 bits per heavy atom. The maximum Gasteiger partial charge on any atom is 0.231 e. The van der Waals surface area contributed by atoms with Gasteiger partial charge >= 0.3 is 0 Å². The smallest absolute Gasteiger partial charge is 0.231 e. The van der Waals surface area contributed by atoms with Crippen LogP contribution in [0.4, 0.5) is 0 Å². The zero-order valence-corrected chi connectivity index (χ0v) is 14.7. The minimum absolute atomic E-state index is 0.264. The molecule has 26 heavy (non-hydrogen) atoms. The first kappa shape index (κ1) is 17.0. The molecular formula is C20H23N3O3. The molecule has 1 aliphatic rings. The third-order valence-corrected chi connectivity index (χ3v) is 4.52. The van der Waals surface area contributed by atoms with E-state index in [0.29, 0.717) is 31.2 Å². The Morgan fingerprint density at radius 1 is 1.08 bits per heavy atom. The minimum Gasteiger partial charge on any atom is -0.468 e. The zero-order chi connectivity index (χ0) is 17.6. The molecule has 0 saturated carbocycles. The van der Waals surface area contributed by atoms with E-state index < -0.39 is 0 Å². The van der Waals surface area contributed by atoms with Crippen LogP contribution in [-0.2, 0) is 24.2 Å². The van der Waals surface area contributed by atoms with Gasteiger partial charge in [-0.25, -0.2) is 0 Å². The highest BCUT2D eigenvalue weighted by molar-refractivity contribution is 5.17. The predicted molar refractivity (Wildman–Crippen MR) is 95.3 cm³/mol. The van der Waals surface area contributed by atoms with Crippen LogP contribution in [0.1, 0.15) is 35.9 Å². The molecule has 0 unspecified atom stereocenters. The molecule has 0 N–H and O–H groups in total. The van der Waals surface area contributed by atoms with E-state index in [4.69, 9.17) is 13.7 Å². The molecule has 4 rings (SSSR count). The van der Waals surface area contributed by atoms with Crippen molar-refractivity contribution >= 4 is 0 Å². The Kier molecular flexibility index (Phi) is 5.42. The van der Waals surface area contributed by atoms with Crippen molar-refractivity contribution in [2.45, 2.75) is 38.5 Å². The standard InChI is InChI=1S/C20H23N3O3/c1-2-6-16(7-3-1)12-20-21-19(22-26-20)15-23(13-17-8-4-10-24-17)14-18-9-5-11-25-18/h1-4,6-8,10,18H,5,9,11-15H2/t18-/m0/s1. The number of ether oxygens (including phenoxy) is 1. The van der Waals surface area contributed by atoms with Gasteiger partial charge in [-0.15, -0.1) is 0 Å². The van der Waals surface area contributed by atoms with Crippen LogP contribution in [0.5, 0.6) is 0 Å². The fourth-order valence-electron chi connectivity index (χ4n) is 3.28. The SMILES string of the molecule is c1ccc(Cc2nc(CN(Cc3ccco3)C[C@@H]3CCCO3)no2)cc1. The summed E-state index contributed by atoms with van der Waals surface area (Å²) < 4.78 is 16.7. The molecule has 0 aliphatic carbocycles. The summed E-state index contributed by atoms with van der Waals surface area (Å²) in [6, 6.07) is 14.0. The molecule has 136 valence electrons. The summed E-state index contributed by atoms with van der Waals surface area (Å²) >= 11 is 0. The van der Waals surface area contributed by atoms with E-state index in [1.165, 1.54) is 0 Å². The van der Waals surface area contributed by atoms with Gasteiger partial charge in [0.25, 0.3) is 0 Å². The van der Waals surface area contributed by atoms with Crippen LogP contribution in [-0.4, -0.2) is 34.3 Å². The van der Waals surface area contributed by atoms with E-state index in [1.807, 2.05) is 30.3 Å². The lowest BCUT2D eigenvalue weighted by molar-refractivity contribution is 0.0643. The average Bonchev–Trinajstić information content (AvgIpc) is 3.40. The van der Waals surface area contributed by atoms with Gasteiger partial charge in [-0.2, -0.15) is 4.98 Å². The molecule has 3 heterocycles. The second-order valence-electron chi connectivity index (χ2n) is 6.65. The first-order valence-electron chi connectivity index (χ1n) is 9.07. The molecule has 1 aliphatic heterocycles. The Balaban J connectivity index is 1.41. The molecule has 1 atom stereocenters. The first-order chi connectivity index (χ1) is 12.8. The number of furan rings is 1. The van der Waals surface area contributed by atoms with Gasteiger partial charge in [-0.1, -0.05) is 35.5 Å². The lowest BCUT2D eigenvalue weighted by Crippen LogP contribution is -2.31. The van der Waals surface area contributed by atoms with E-state index in [2.05, 4.69) is 27.2 Å². The van der Waals surface area contributed by atoms with Crippen molar-refractivity contribution in [2.24, 2.45) is 0 Å². The summed E-state index contributed by atoms with van der Waals surface area (Å²) in [4.78, 5) is 6.81. The third-order valence-electron chi connectivity index (χ3n) is 4.52. The number of aromatic nitrogens is 2. The Labute approximate surface area is 152 Å². The monoisotopic (exact) mass is 353 g/mol. The third kappa shape index (κ3) is 4.59. The fraction of sp³-hybridized carbons (Fsp3) is 0.400. The second kappa shape index (κ2) is 8.29. The molecule has 0 spiro atoms. The van der Waals surface area contributed by atoms with E-state index in [-0.39, 0.29) is 6.10 Å². The number of hydrogen-bond acceptors (Lipinski definition) is 6. The van der Waals surface area contributed by atoms with Crippen molar-refractivity contribution < 1.29 is 13.7 Å². The molecule has 6 nitrogen and oxygen atoms in total. The van der Waals surface area contributed by atoms with Gasteiger partial charge in [0.1, 0.15) is 5.76 Å². The molecule has 2 aromatic heterocycles. The highest BCUT2D eigenvalue weighted by Gasteiger charge is 2.21. The van der Waals surface area contributed by atoms with Gasteiger partial charge in [0.15, 0.2) is 5.82 Å². The Morgan fingerprint density at radius 2 is 2.00 bits per heavy atom. The van der Waals surface area contributed by atoms with Crippen LogP contribution in [0.3, 0.4) is 0 Å². The molecule has 1 fully saturated rings. The zero-order valence-electron chi connectivity index (χ0n) is 14.7. The normalized spacial score (nSPS) is 17.2. The van der Waals surface area contributed by atoms with Crippen molar-refractivity contribution in [3.05, 3.63) is 71.8 Å². The lowest BCUT2D eigenvalue weighted by atomic mass is 10.1. The quantitative estimate of drug-likeness (QED) is 0.618. The summed E-state index contributed by atoms with van der Waals surface area (Å²) in [5.41, 5.74) is 1.16. The van der Waals surface area contributed by atoms with Crippen LogP contribution < -0.4 is 0 Å². The average molecular weight is 353 g/mol. The van der Waals surface area contributed by atoms with E-state index in [0.717, 1.165) is 37.3 Å². The maximum absolute atomic E-state index is 5.79. The van der Waals surface area contributed by atoms with Crippen molar-refractivity contribution in [3.8, 4) is 0 Å². The first-order valence-corrected chi connectivity index (χ1v) is 9.07. The van der Waals surface area contributed by atoms with Crippen molar-refractivity contribution in [2.75, 3.05) is 13.2 Å². The predicted octanol–water partition coefficient (Wildman–Crippen LogP) is 3.43. The Hall–Kier alpha value is -2.44. The molecule has 0 bridgehead atoms. The lowest BCUT2D eigenvalue weighted by Gasteiger charge is -2.22. The molecular weight excluding hydrogens is 330 g/mol. The van der Waals surface area contributed by atoms with E-state index in [1.54, 1.807) is 6.26 Å². The summed E-state index contributed by atoms with van der Waals surface area (Å²) in [7, 11) is 0. The largest absolute Gasteiger partial charge is 0.468 e. The summed E-state index contributed by atoms with van der Waals surface area (Å²) in [6.07, 6.45) is 4.84.